The molecular weight excluding hydrogens is 363 g/mol. The Balaban J connectivity index is 1.91. The summed E-state index contributed by atoms with van der Waals surface area (Å²) in [5.41, 5.74) is 2.02. The van der Waals surface area contributed by atoms with E-state index in [1.165, 1.54) is 15.7 Å². The van der Waals surface area contributed by atoms with E-state index in [0.29, 0.717) is 6.54 Å². The minimum absolute atomic E-state index is 0.174. The van der Waals surface area contributed by atoms with E-state index in [9.17, 15) is 8.78 Å². The number of hydrogen-bond acceptors (Lipinski definition) is 2. The van der Waals surface area contributed by atoms with Crippen LogP contribution in [0.1, 0.15) is 5.56 Å². The van der Waals surface area contributed by atoms with Crippen LogP contribution in [-0.2, 0) is 6.54 Å². The Kier molecular flexibility index (Phi) is 4.95. The molecule has 0 bridgehead atoms. The maximum atomic E-state index is 12.0. The molecule has 0 aromatic heterocycles. The second-order valence-electron chi connectivity index (χ2n) is 3.88. The smallest absolute Gasteiger partial charge is 0.387 e. The van der Waals surface area contributed by atoms with Gasteiger partial charge in [-0.05, 0) is 64.6 Å². The monoisotopic (exact) mass is 375 g/mol. The van der Waals surface area contributed by atoms with Gasteiger partial charge in [-0.2, -0.15) is 8.78 Å². The second-order valence-corrected chi connectivity index (χ2v) is 5.13. The maximum Gasteiger partial charge on any atom is 0.387 e. The van der Waals surface area contributed by atoms with Crippen molar-refractivity contribution in [2.75, 3.05) is 5.32 Å². The van der Waals surface area contributed by atoms with Crippen molar-refractivity contribution in [1.82, 2.24) is 0 Å². The number of nitrogens with one attached hydrogen (secondary N) is 1. The number of anilines is 1. The second kappa shape index (κ2) is 6.70. The van der Waals surface area contributed by atoms with Crippen LogP contribution >= 0.6 is 22.6 Å². The molecule has 2 rings (SSSR count). The van der Waals surface area contributed by atoms with E-state index in [-0.39, 0.29) is 5.75 Å². The van der Waals surface area contributed by atoms with Gasteiger partial charge in [-0.3, -0.25) is 0 Å². The third-order valence-corrected chi connectivity index (χ3v) is 3.21. The summed E-state index contributed by atoms with van der Waals surface area (Å²) in [6.45, 7) is -2.15. The van der Waals surface area contributed by atoms with Gasteiger partial charge in [0.1, 0.15) is 5.75 Å². The summed E-state index contributed by atoms with van der Waals surface area (Å²) in [6.07, 6.45) is 0. The third-order valence-electron chi connectivity index (χ3n) is 2.49. The Hall–Kier alpha value is -1.37. The number of hydrogen-bond donors (Lipinski definition) is 1. The van der Waals surface area contributed by atoms with E-state index in [2.05, 4.69) is 32.6 Å². The average molecular weight is 375 g/mol. The van der Waals surface area contributed by atoms with E-state index >= 15 is 0 Å². The van der Waals surface area contributed by atoms with Crippen LogP contribution in [0.25, 0.3) is 0 Å². The van der Waals surface area contributed by atoms with E-state index in [1.807, 2.05) is 24.3 Å². The zero-order valence-electron chi connectivity index (χ0n) is 9.95. The third kappa shape index (κ3) is 4.66. The Morgan fingerprint density at radius 2 is 1.63 bits per heavy atom. The number of alkyl halides is 2. The van der Waals surface area contributed by atoms with Crippen molar-refractivity contribution >= 4 is 28.3 Å². The molecule has 100 valence electrons. The number of benzene rings is 2. The van der Waals surface area contributed by atoms with E-state index in [4.69, 9.17) is 0 Å². The Labute approximate surface area is 123 Å². The molecule has 2 aromatic carbocycles. The van der Waals surface area contributed by atoms with Crippen molar-refractivity contribution in [3.05, 3.63) is 57.7 Å². The lowest BCUT2D eigenvalue weighted by atomic mass is 10.2. The molecule has 1 N–H and O–H groups in total. The van der Waals surface area contributed by atoms with Gasteiger partial charge in [0.15, 0.2) is 0 Å². The van der Waals surface area contributed by atoms with Crippen LogP contribution in [0, 0.1) is 3.57 Å². The largest absolute Gasteiger partial charge is 0.435 e. The topological polar surface area (TPSA) is 21.3 Å². The zero-order valence-corrected chi connectivity index (χ0v) is 12.1. The number of ether oxygens (including phenoxy) is 1. The Bertz CT molecular complexity index is 514. The molecule has 0 atom stereocenters. The van der Waals surface area contributed by atoms with Crippen LogP contribution in [0.3, 0.4) is 0 Å². The molecule has 0 spiro atoms. The van der Waals surface area contributed by atoms with Gasteiger partial charge in [-0.25, -0.2) is 0 Å². The first-order valence-corrected chi connectivity index (χ1v) is 6.74. The molecule has 5 heteroatoms. The molecule has 19 heavy (non-hydrogen) atoms. The van der Waals surface area contributed by atoms with Gasteiger partial charge < -0.3 is 10.1 Å². The van der Waals surface area contributed by atoms with Crippen LogP contribution in [-0.4, -0.2) is 6.61 Å². The van der Waals surface area contributed by atoms with E-state index in [0.717, 1.165) is 11.3 Å². The van der Waals surface area contributed by atoms with Crippen LogP contribution in [0.4, 0.5) is 14.5 Å². The summed E-state index contributed by atoms with van der Waals surface area (Å²) in [4.78, 5) is 0. The van der Waals surface area contributed by atoms with Crippen molar-refractivity contribution < 1.29 is 13.5 Å². The van der Waals surface area contributed by atoms with Gasteiger partial charge in [0.25, 0.3) is 0 Å². The minimum Gasteiger partial charge on any atom is -0.435 e. The highest BCUT2D eigenvalue weighted by molar-refractivity contribution is 14.1. The van der Waals surface area contributed by atoms with Crippen molar-refractivity contribution in [1.29, 1.82) is 0 Å². The van der Waals surface area contributed by atoms with Crippen LogP contribution in [0.15, 0.2) is 48.5 Å². The quantitative estimate of drug-likeness (QED) is 0.777. The van der Waals surface area contributed by atoms with Crippen molar-refractivity contribution in [3.63, 3.8) is 0 Å². The predicted octanol–water partition coefficient (Wildman–Crippen LogP) is 4.50. The lowest BCUT2D eigenvalue weighted by Crippen LogP contribution is -2.02. The first-order valence-electron chi connectivity index (χ1n) is 5.67. The predicted molar refractivity (Wildman–Crippen MR) is 79.6 cm³/mol. The molecule has 0 saturated heterocycles. The first-order chi connectivity index (χ1) is 9.13. The van der Waals surface area contributed by atoms with Gasteiger partial charge in [-0.15, -0.1) is 0 Å². The Morgan fingerprint density at radius 1 is 1.00 bits per heavy atom. The lowest BCUT2D eigenvalue weighted by molar-refractivity contribution is -0.0498. The van der Waals surface area contributed by atoms with Gasteiger partial charge in [0.2, 0.25) is 0 Å². The normalized spacial score (nSPS) is 10.5. The molecule has 0 fully saturated rings. The molecular formula is C14H12F2INO. The van der Waals surface area contributed by atoms with Crippen LogP contribution in [0.2, 0.25) is 0 Å². The fourth-order valence-electron chi connectivity index (χ4n) is 1.56. The molecule has 0 saturated carbocycles. The molecule has 0 aliphatic heterocycles. The fraction of sp³-hybridized carbons (Fsp3) is 0.143. The summed E-state index contributed by atoms with van der Waals surface area (Å²) in [5, 5.41) is 3.26. The molecule has 0 amide bonds. The van der Waals surface area contributed by atoms with Crippen molar-refractivity contribution in [2.45, 2.75) is 13.2 Å². The highest BCUT2D eigenvalue weighted by atomic mass is 127. The van der Waals surface area contributed by atoms with Crippen LogP contribution in [0.5, 0.6) is 5.75 Å². The van der Waals surface area contributed by atoms with Crippen molar-refractivity contribution in [2.24, 2.45) is 0 Å². The molecule has 0 aliphatic carbocycles. The summed E-state index contributed by atoms with van der Waals surface area (Å²) in [7, 11) is 0. The zero-order chi connectivity index (χ0) is 13.7. The van der Waals surface area contributed by atoms with Gasteiger partial charge in [-0.1, -0.05) is 12.1 Å². The van der Waals surface area contributed by atoms with E-state index < -0.39 is 6.61 Å². The van der Waals surface area contributed by atoms with Crippen LogP contribution < -0.4 is 10.1 Å². The SMILES string of the molecule is FC(F)Oc1ccc(CNc2ccc(I)cc2)cc1. The summed E-state index contributed by atoms with van der Waals surface area (Å²) >= 11 is 2.25. The molecule has 0 aliphatic rings. The highest BCUT2D eigenvalue weighted by Crippen LogP contribution is 2.16. The molecule has 2 nitrogen and oxygen atoms in total. The van der Waals surface area contributed by atoms with Gasteiger partial charge in [0.05, 0.1) is 0 Å². The maximum absolute atomic E-state index is 12.0. The van der Waals surface area contributed by atoms with E-state index in [1.54, 1.807) is 12.1 Å². The average Bonchev–Trinajstić information content (AvgIpc) is 2.39. The molecule has 0 unspecified atom stereocenters. The summed E-state index contributed by atoms with van der Waals surface area (Å²) in [6, 6.07) is 14.6. The fourth-order valence-corrected chi connectivity index (χ4v) is 1.92. The Morgan fingerprint density at radius 3 is 2.21 bits per heavy atom. The summed E-state index contributed by atoms with van der Waals surface area (Å²) in [5.74, 6) is 0.174. The first kappa shape index (κ1) is 14.0. The minimum atomic E-state index is -2.78. The number of halogens is 3. The number of rotatable bonds is 5. The molecule has 0 heterocycles. The van der Waals surface area contributed by atoms with Gasteiger partial charge >= 0.3 is 6.61 Å². The summed E-state index contributed by atoms with van der Waals surface area (Å²) < 4.78 is 29.4. The van der Waals surface area contributed by atoms with Gasteiger partial charge in [0, 0.05) is 15.8 Å². The molecule has 0 radical (unpaired) electrons. The molecule has 2 aromatic rings. The highest BCUT2D eigenvalue weighted by Gasteiger charge is 2.03. The lowest BCUT2D eigenvalue weighted by Gasteiger charge is -2.08. The standard InChI is InChI=1S/C14H12F2INO/c15-14(16)19-13-7-1-10(2-8-13)9-18-12-5-3-11(17)4-6-12/h1-8,14,18H,9H2. The van der Waals surface area contributed by atoms with Crippen molar-refractivity contribution in [3.8, 4) is 5.75 Å².